The van der Waals surface area contributed by atoms with Gasteiger partial charge in [0, 0.05) is 42.8 Å². The summed E-state index contributed by atoms with van der Waals surface area (Å²) in [5.74, 6) is -0.681. The summed E-state index contributed by atoms with van der Waals surface area (Å²) >= 11 is 1.34. The highest BCUT2D eigenvalue weighted by atomic mass is 32.1. The maximum absolute atomic E-state index is 14.5. The molecule has 0 spiro atoms. The molecule has 0 aliphatic carbocycles. The van der Waals surface area contributed by atoms with Crippen LogP contribution in [0.4, 0.5) is 4.39 Å². The van der Waals surface area contributed by atoms with Gasteiger partial charge in [-0.2, -0.15) is 0 Å². The molecule has 0 unspecified atom stereocenters. The van der Waals surface area contributed by atoms with Crippen LogP contribution in [0.5, 0.6) is 5.75 Å². The molecular weight excluding hydrogens is 449 g/mol. The van der Waals surface area contributed by atoms with Crippen LogP contribution in [0.3, 0.4) is 0 Å². The van der Waals surface area contributed by atoms with E-state index in [2.05, 4.69) is 15.6 Å². The molecule has 1 aliphatic heterocycles. The Kier molecular flexibility index (Phi) is 8.37. The van der Waals surface area contributed by atoms with Gasteiger partial charge in [0.1, 0.15) is 11.6 Å². The molecule has 2 N–H and O–H groups in total. The average Bonchev–Trinajstić information content (AvgIpc) is 3.41. The van der Waals surface area contributed by atoms with Gasteiger partial charge in [-0.15, -0.1) is 11.3 Å². The van der Waals surface area contributed by atoms with E-state index in [1.807, 2.05) is 0 Å². The standard InChI is InChI=1S/C23H28FN3O5S/c1-3-32-22(30)18-14-33-21(26-18)8-11-25-19(28)6-9-23(10-7-20(29)27-23)13-15-4-5-16(31-2)12-17(15)24/h4-5,12,14H,3,6-11,13H2,1-2H3,(H,25,28)(H,27,29)/t23-/m0/s1. The largest absolute Gasteiger partial charge is 0.497 e. The lowest BCUT2D eigenvalue weighted by atomic mass is 9.84. The SMILES string of the molecule is CCOC(=O)c1csc(CCNC(=O)CC[C@@]2(Cc3ccc(OC)cc3F)CCC(=O)N2)n1. The summed E-state index contributed by atoms with van der Waals surface area (Å²) in [7, 11) is 1.47. The number of carbonyl (C=O) groups is 3. The van der Waals surface area contributed by atoms with E-state index in [-0.39, 0.29) is 30.5 Å². The molecule has 2 amide bonds. The van der Waals surface area contributed by atoms with Gasteiger partial charge in [-0.25, -0.2) is 14.2 Å². The van der Waals surface area contributed by atoms with Crippen molar-refractivity contribution in [2.24, 2.45) is 0 Å². The average molecular weight is 478 g/mol. The molecule has 2 aromatic rings. The monoisotopic (exact) mass is 477 g/mol. The van der Waals surface area contributed by atoms with Gasteiger partial charge in [0.2, 0.25) is 11.8 Å². The summed E-state index contributed by atoms with van der Waals surface area (Å²) in [6, 6.07) is 4.65. The molecule has 8 nitrogen and oxygen atoms in total. The van der Waals surface area contributed by atoms with Crippen LogP contribution in [0.2, 0.25) is 0 Å². The van der Waals surface area contributed by atoms with Gasteiger partial charge in [0.15, 0.2) is 5.69 Å². The lowest BCUT2D eigenvalue weighted by molar-refractivity contribution is -0.122. The van der Waals surface area contributed by atoms with Gasteiger partial charge >= 0.3 is 5.97 Å². The Morgan fingerprint density at radius 1 is 1.36 bits per heavy atom. The fourth-order valence-corrected chi connectivity index (χ4v) is 4.59. The third kappa shape index (κ3) is 6.74. The van der Waals surface area contributed by atoms with Crippen molar-refractivity contribution in [2.75, 3.05) is 20.3 Å². The highest BCUT2D eigenvalue weighted by Crippen LogP contribution is 2.31. The first-order chi connectivity index (χ1) is 15.8. The molecule has 178 valence electrons. The van der Waals surface area contributed by atoms with Crippen LogP contribution in [-0.2, 0) is 27.2 Å². The smallest absolute Gasteiger partial charge is 0.357 e. The zero-order chi connectivity index (χ0) is 23.8. The maximum Gasteiger partial charge on any atom is 0.357 e. The normalized spacial score (nSPS) is 17.5. The summed E-state index contributed by atoms with van der Waals surface area (Å²) in [4.78, 5) is 40.2. The number of hydrogen-bond donors (Lipinski definition) is 2. The van der Waals surface area contributed by atoms with E-state index >= 15 is 0 Å². The highest BCUT2D eigenvalue weighted by molar-refractivity contribution is 7.09. The zero-order valence-electron chi connectivity index (χ0n) is 18.7. The van der Waals surface area contributed by atoms with E-state index in [1.54, 1.807) is 24.4 Å². The number of ether oxygens (including phenoxy) is 2. The Balaban J connectivity index is 1.51. The Labute approximate surface area is 195 Å². The number of amides is 2. The van der Waals surface area contributed by atoms with Crippen LogP contribution >= 0.6 is 11.3 Å². The molecule has 1 aliphatic rings. The zero-order valence-corrected chi connectivity index (χ0v) is 19.6. The second-order valence-corrected chi connectivity index (χ2v) is 8.85. The third-order valence-electron chi connectivity index (χ3n) is 5.55. The first-order valence-corrected chi connectivity index (χ1v) is 11.7. The Morgan fingerprint density at radius 2 is 2.18 bits per heavy atom. The van der Waals surface area contributed by atoms with E-state index in [9.17, 15) is 18.8 Å². The molecule has 0 saturated carbocycles. The van der Waals surface area contributed by atoms with Gasteiger partial charge in [0.05, 0.1) is 18.7 Å². The Hall–Kier alpha value is -3.01. The molecule has 0 bridgehead atoms. The molecule has 1 aromatic heterocycles. The van der Waals surface area contributed by atoms with Crippen molar-refractivity contribution in [2.45, 2.75) is 51.0 Å². The van der Waals surface area contributed by atoms with E-state index in [0.29, 0.717) is 50.0 Å². The molecule has 33 heavy (non-hydrogen) atoms. The molecule has 2 heterocycles. The minimum absolute atomic E-state index is 0.0921. The lowest BCUT2D eigenvalue weighted by Crippen LogP contribution is -2.44. The second kappa shape index (κ2) is 11.2. The molecule has 1 saturated heterocycles. The van der Waals surface area contributed by atoms with Gasteiger partial charge in [-0.05, 0) is 37.8 Å². The van der Waals surface area contributed by atoms with Crippen LogP contribution in [0, 0.1) is 5.82 Å². The molecule has 1 aromatic carbocycles. The predicted molar refractivity (Wildman–Crippen MR) is 121 cm³/mol. The van der Waals surface area contributed by atoms with Crippen LogP contribution in [0.1, 0.15) is 53.7 Å². The molecule has 10 heteroatoms. The van der Waals surface area contributed by atoms with Crippen molar-refractivity contribution < 1.29 is 28.2 Å². The molecule has 0 radical (unpaired) electrons. The first-order valence-electron chi connectivity index (χ1n) is 10.9. The molecular formula is C23H28FN3O5S. The number of halogens is 1. The van der Waals surface area contributed by atoms with Crippen molar-refractivity contribution in [1.29, 1.82) is 0 Å². The van der Waals surface area contributed by atoms with Crippen LogP contribution in [0.15, 0.2) is 23.6 Å². The fourth-order valence-electron chi connectivity index (χ4n) is 3.82. The van der Waals surface area contributed by atoms with E-state index < -0.39 is 17.3 Å². The van der Waals surface area contributed by atoms with Crippen LogP contribution in [-0.4, -0.2) is 48.6 Å². The minimum atomic E-state index is -0.659. The van der Waals surface area contributed by atoms with E-state index in [1.165, 1.54) is 24.5 Å². The number of benzene rings is 1. The second-order valence-electron chi connectivity index (χ2n) is 7.91. The highest BCUT2D eigenvalue weighted by Gasteiger charge is 2.38. The summed E-state index contributed by atoms with van der Waals surface area (Å²) < 4.78 is 24.4. The summed E-state index contributed by atoms with van der Waals surface area (Å²) in [6.45, 7) is 2.39. The van der Waals surface area contributed by atoms with Gasteiger partial charge in [0.25, 0.3) is 0 Å². The number of carbonyl (C=O) groups excluding carboxylic acids is 3. The minimum Gasteiger partial charge on any atom is -0.497 e. The van der Waals surface area contributed by atoms with Crippen molar-refractivity contribution >= 4 is 29.1 Å². The van der Waals surface area contributed by atoms with Gasteiger partial charge in [-0.3, -0.25) is 9.59 Å². The number of esters is 1. The van der Waals surface area contributed by atoms with Crippen molar-refractivity contribution in [1.82, 2.24) is 15.6 Å². The van der Waals surface area contributed by atoms with E-state index in [0.717, 1.165) is 5.01 Å². The third-order valence-corrected chi connectivity index (χ3v) is 6.46. The van der Waals surface area contributed by atoms with Crippen molar-refractivity contribution in [3.05, 3.63) is 45.7 Å². The summed E-state index contributed by atoms with van der Waals surface area (Å²) in [6.07, 6.45) is 2.29. The van der Waals surface area contributed by atoms with E-state index in [4.69, 9.17) is 9.47 Å². The topological polar surface area (TPSA) is 107 Å². The van der Waals surface area contributed by atoms with Crippen LogP contribution < -0.4 is 15.4 Å². The lowest BCUT2D eigenvalue weighted by Gasteiger charge is -2.29. The number of aromatic nitrogens is 1. The van der Waals surface area contributed by atoms with Crippen LogP contribution in [0.25, 0.3) is 0 Å². The molecule has 1 atom stereocenters. The molecule has 3 rings (SSSR count). The summed E-state index contributed by atoms with van der Waals surface area (Å²) in [5, 5.41) is 8.18. The van der Waals surface area contributed by atoms with Crippen molar-refractivity contribution in [3.8, 4) is 5.75 Å². The number of rotatable bonds is 11. The maximum atomic E-state index is 14.5. The first kappa shape index (κ1) is 24.6. The number of methoxy groups -OCH3 is 1. The fraction of sp³-hybridized carbons (Fsp3) is 0.478. The number of thiazole rings is 1. The number of nitrogens with one attached hydrogen (secondary N) is 2. The van der Waals surface area contributed by atoms with Crippen molar-refractivity contribution in [3.63, 3.8) is 0 Å². The Bertz CT molecular complexity index is 1010. The summed E-state index contributed by atoms with van der Waals surface area (Å²) in [5.41, 5.74) is 0.0840. The number of nitrogens with zero attached hydrogens (tertiary/aromatic N) is 1. The Morgan fingerprint density at radius 3 is 2.85 bits per heavy atom. The predicted octanol–water partition coefficient (Wildman–Crippen LogP) is 2.80. The quantitative estimate of drug-likeness (QED) is 0.482. The number of hydrogen-bond acceptors (Lipinski definition) is 7. The van der Waals surface area contributed by atoms with Gasteiger partial charge in [-0.1, -0.05) is 6.07 Å². The molecule has 1 fully saturated rings. The van der Waals surface area contributed by atoms with Gasteiger partial charge < -0.3 is 20.1 Å².